The standard InChI is InChI=1S/C25H16Cl4N2O3/c26-15-5-3-4-14(10-15)12-30-22(32)13-34-25(33)18-11-21(31-20-7-2-1-6-16(18)20)17-8-9-19(27)24(29)23(17)28/h1-11H,12-13H2,(H,30,32). The monoisotopic (exact) mass is 532 g/mol. The number of esters is 1. The van der Waals surface area contributed by atoms with Gasteiger partial charge in [-0.1, -0.05) is 76.7 Å². The molecule has 0 unspecified atom stereocenters. The third-order valence-corrected chi connectivity index (χ3v) is 6.49. The SMILES string of the molecule is O=C(COC(=O)c1cc(-c2ccc(Cl)c(Cl)c2Cl)nc2ccccc12)NCc1cccc(Cl)c1. The van der Waals surface area contributed by atoms with Crippen molar-refractivity contribution in [3.05, 3.63) is 97.9 Å². The molecule has 0 saturated heterocycles. The number of para-hydroxylation sites is 1. The van der Waals surface area contributed by atoms with Crippen molar-refractivity contribution >= 4 is 69.2 Å². The summed E-state index contributed by atoms with van der Waals surface area (Å²) in [5.41, 5.74) is 2.55. The molecule has 4 aromatic rings. The number of benzene rings is 3. The fraction of sp³-hybridized carbons (Fsp3) is 0.0800. The van der Waals surface area contributed by atoms with Crippen LogP contribution < -0.4 is 5.32 Å². The molecule has 0 aliphatic heterocycles. The molecule has 1 heterocycles. The van der Waals surface area contributed by atoms with Crippen LogP contribution >= 0.6 is 46.4 Å². The van der Waals surface area contributed by atoms with Gasteiger partial charge in [-0.25, -0.2) is 9.78 Å². The molecule has 0 radical (unpaired) electrons. The minimum atomic E-state index is -0.672. The Hall–Kier alpha value is -2.83. The number of halogens is 4. The maximum absolute atomic E-state index is 12.9. The average Bonchev–Trinajstić information content (AvgIpc) is 2.84. The first kappa shape index (κ1) is 24.3. The molecule has 0 spiro atoms. The molecule has 0 aliphatic rings. The summed E-state index contributed by atoms with van der Waals surface area (Å²) >= 11 is 24.6. The third-order valence-electron chi connectivity index (χ3n) is 4.96. The Morgan fingerprint density at radius 1 is 0.882 bits per heavy atom. The van der Waals surface area contributed by atoms with Crippen molar-refractivity contribution in [3.8, 4) is 11.3 Å². The number of nitrogens with one attached hydrogen (secondary N) is 1. The molecule has 1 amide bonds. The Bertz CT molecular complexity index is 1410. The van der Waals surface area contributed by atoms with E-state index in [0.717, 1.165) is 5.56 Å². The molecule has 1 N–H and O–H groups in total. The number of amides is 1. The number of ether oxygens (including phenoxy) is 1. The summed E-state index contributed by atoms with van der Waals surface area (Å²) in [5, 5.41) is 4.56. The van der Waals surface area contributed by atoms with Gasteiger partial charge in [0.15, 0.2) is 6.61 Å². The van der Waals surface area contributed by atoms with Crippen molar-refractivity contribution in [3.63, 3.8) is 0 Å². The third kappa shape index (κ3) is 5.45. The first-order valence-corrected chi connectivity index (χ1v) is 11.6. The minimum absolute atomic E-state index is 0.191. The number of aromatic nitrogens is 1. The van der Waals surface area contributed by atoms with E-state index in [1.807, 2.05) is 6.07 Å². The highest BCUT2D eigenvalue weighted by molar-refractivity contribution is 6.49. The van der Waals surface area contributed by atoms with Crippen LogP contribution in [-0.2, 0) is 16.1 Å². The van der Waals surface area contributed by atoms with Crippen LogP contribution in [-0.4, -0.2) is 23.5 Å². The van der Waals surface area contributed by atoms with Crippen LogP contribution in [0.3, 0.4) is 0 Å². The second-order valence-electron chi connectivity index (χ2n) is 7.28. The van der Waals surface area contributed by atoms with Crippen molar-refractivity contribution in [1.82, 2.24) is 10.3 Å². The summed E-state index contributed by atoms with van der Waals surface area (Å²) in [6.07, 6.45) is 0. The zero-order valence-electron chi connectivity index (χ0n) is 17.4. The van der Waals surface area contributed by atoms with Crippen molar-refractivity contribution in [1.29, 1.82) is 0 Å². The van der Waals surface area contributed by atoms with E-state index in [0.29, 0.717) is 32.2 Å². The number of carbonyl (C=O) groups is 2. The molecule has 9 heteroatoms. The van der Waals surface area contributed by atoms with Gasteiger partial charge >= 0.3 is 5.97 Å². The molecule has 34 heavy (non-hydrogen) atoms. The van der Waals surface area contributed by atoms with Crippen molar-refractivity contribution < 1.29 is 14.3 Å². The number of nitrogens with zero attached hydrogens (tertiary/aromatic N) is 1. The van der Waals surface area contributed by atoms with Crippen LogP contribution in [0.25, 0.3) is 22.2 Å². The highest BCUT2D eigenvalue weighted by atomic mass is 35.5. The number of fused-ring (bicyclic) bond motifs is 1. The van der Waals surface area contributed by atoms with Crippen LogP contribution in [0.5, 0.6) is 0 Å². The first-order valence-electron chi connectivity index (χ1n) is 10.1. The quantitative estimate of drug-likeness (QED) is 0.214. The van der Waals surface area contributed by atoms with Crippen LogP contribution in [0.2, 0.25) is 20.1 Å². The zero-order chi connectivity index (χ0) is 24.2. The summed E-state index contributed by atoms with van der Waals surface area (Å²) in [6, 6.07) is 19.0. The maximum Gasteiger partial charge on any atom is 0.339 e. The normalized spacial score (nSPS) is 10.8. The van der Waals surface area contributed by atoms with E-state index in [-0.39, 0.29) is 22.2 Å². The van der Waals surface area contributed by atoms with Gasteiger partial charge in [0.25, 0.3) is 5.91 Å². The van der Waals surface area contributed by atoms with Crippen LogP contribution in [0.15, 0.2) is 66.7 Å². The van der Waals surface area contributed by atoms with Gasteiger partial charge in [-0.3, -0.25) is 4.79 Å². The molecule has 0 fully saturated rings. The van der Waals surface area contributed by atoms with Crippen molar-refractivity contribution in [2.45, 2.75) is 6.54 Å². The molecule has 0 saturated carbocycles. The van der Waals surface area contributed by atoms with E-state index in [2.05, 4.69) is 10.3 Å². The number of pyridine rings is 1. The first-order chi connectivity index (χ1) is 16.3. The summed E-state index contributed by atoms with van der Waals surface area (Å²) in [6.45, 7) is -0.186. The molecule has 1 aromatic heterocycles. The van der Waals surface area contributed by atoms with Gasteiger partial charge in [0.2, 0.25) is 0 Å². The lowest BCUT2D eigenvalue weighted by Crippen LogP contribution is -2.28. The second kappa shape index (κ2) is 10.6. The fourth-order valence-corrected chi connectivity index (χ4v) is 4.16. The zero-order valence-corrected chi connectivity index (χ0v) is 20.5. The fourth-order valence-electron chi connectivity index (χ4n) is 3.31. The highest BCUT2D eigenvalue weighted by Crippen LogP contribution is 2.38. The predicted octanol–water partition coefficient (Wildman–Crippen LogP) is 6.99. The molecule has 0 atom stereocenters. The smallest absolute Gasteiger partial charge is 0.339 e. The van der Waals surface area contributed by atoms with Crippen LogP contribution in [0.1, 0.15) is 15.9 Å². The van der Waals surface area contributed by atoms with E-state index in [9.17, 15) is 9.59 Å². The molecule has 172 valence electrons. The predicted molar refractivity (Wildman–Crippen MR) is 136 cm³/mol. The molecule has 0 aliphatic carbocycles. The Morgan fingerprint density at radius 3 is 2.47 bits per heavy atom. The number of rotatable bonds is 6. The van der Waals surface area contributed by atoms with Gasteiger partial charge in [0, 0.05) is 22.5 Å². The lowest BCUT2D eigenvalue weighted by Gasteiger charge is -2.12. The summed E-state index contributed by atoms with van der Waals surface area (Å²) in [4.78, 5) is 29.8. The largest absolute Gasteiger partial charge is 0.452 e. The molecule has 4 rings (SSSR count). The molecular weight excluding hydrogens is 518 g/mol. The lowest BCUT2D eigenvalue weighted by molar-refractivity contribution is -0.124. The Balaban J connectivity index is 1.55. The highest BCUT2D eigenvalue weighted by Gasteiger charge is 2.19. The second-order valence-corrected chi connectivity index (χ2v) is 8.88. The van der Waals surface area contributed by atoms with Gasteiger partial charge < -0.3 is 10.1 Å². The number of carbonyl (C=O) groups excluding carboxylic acids is 2. The topological polar surface area (TPSA) is 68.3 Å². The van der Waals surface area contributed by atoms with Gasteiger partial charge in [0.05, 0.1) is 31.8 Å². The van der Waals surface area contributed by atoms with Crippen LogP contribution in [0, 0.1) is 0 Å². The number of hydrogen-bond donors (Lipinski definition) is 1. The van der Waals surface area contributed by atoms with Crippen molar-refractivity contribution in [2.24, 2.45) is 0 Å². The van der Waals surface area contributed by atoms with Crippen molar-refractivity contribution in [2.75, 3.05) is 6.61 Å². The minimum Gasteiger partial charge on any atom is -0.452 e. The summed E-state index contributed by atoms with van der Waals surface area (Å²) in [5.74, 6) is -1.12. The van der Waals surface area contributed by atoms with E-state index < -0.39 is 18.5 Å². The average molecular weight is 534 g/mol. The Morgan fingerprint density at radius 2 is 1.68 bits per heavy atom. The van der Waals surface area contributed by atoms with E-state index in [1.165, 1.54) is 0 Å². The van der Waals surface area contributed by atoms with E-state index in [4.69, 9.17) is 51.1 Å². The van der Waals surface area contributed by atoms with Gasteiger partial charge in [-0.05, 0) is 42.0 Å². The van der Waals surface area contributed by atoms with Gasteiger partial charge in [-0.2, -0.15) is 0 Å². The lowest BCUT2D eigenvalue weighted by atomic mass is 10.0. The Labute approximate surface area is 215 Å². The van der Waals surface area contributed by atoms with E-state index >= 15 is 0 Å². The molecular formula is C25H16Cl4N2O3. The summed E-state index contributed by atoms with van der Waals surface area (Å²) in [7, 11) is 0. The molecule has 5 nitrogen and oxygen atoms in total. The summed E-state index contributed by atoms with van der Waals surface area (Å²) < 4.78 is 5.29. The molecule has 0 bridgehead atoms. The Kier molecular flexibility index (Phi) is 7.59. The van der Waals surface area contributed by atoms with E-state index in [1.54, 1.807) is 60.7 Å². The maximum atomic E-state index is 12.9. The van der Waals surface area contributed by atoms with Gasteiger partial charge in [0.1, 0.15) is 0 Å². The number of hydrogen-bond acceptors (Lipinski definition) is 4. The van der Waals surface area contributed by atoms with Gasteiger partial charge in [-0.15, -0.1) is 0 Å². The molecule has 3 aromatic carbocycles. The van der Waals surface area contributed by atoms with Crippen LogP contribution in [0.4, 0.5) is 0 Å².